The summed E-state index contributed by atoms with van der Waals surface area (Å²) >= 11 is 7.50. The Balaban J connectivity index is 1.97. The fraction of sp³-hybridized carbons (Fsp3) is 0.214. The van der Waals surface area contributed by atoms with E-state index in [-0.39, 0.29) is 5.91 Å². The van der Waals surface area contributed by atoms with Crippen molar-refractivity contribution in [1.82, 2.24) is 0 Å². The van der Waals surface area contributed by atoms with Crippen molar-refractivity contribution < 1.29 is 4.79 Å². The summed E-state index contributed by atoms with van der Waals surface area (Å²) < 4.78 is 0. The highest BCUT2D eigenvalue weighted by Crippen LogP contribution is 2.33. The second kappa shape index (κ2) is 4.87. The number of carbonyl (C=O) groups excluding carboxylic acids is 1. The number of rotatable bonds is 2. The van der Waals surface area contributed by atoms with Gasteiger partial charge in [-0.2, -0.15) is 0 Å². The van der Waals surface area contributed by atoms with Gasteiger partial charge in [-0.3, -0.25) is 4.79 Å². The van der Waals surface area contributed by atoms with Crippen molar-refractivity contribution in [2.24, 2.45) is 0 Å². The number of amides is 1. The van der Waals surface area contributed by atoms with Crippen LogP contribution in [0.3, 0.4) is 0 Å². The molecule has 1 amide bonds. The summed E-state index contributed by atoms with van der Waals surface area (Å²) in [5.41, 5.74) is 2.00. The van der Waals surface area contributed by atoms with Gasteiger partial charge < -0.3 is 10.2 Å². The van der Waals surface area contributed by atoms with Crippen LogP contribution in [0, 0.1) is 0 Å². The molecule has 0 fully saturated rings. The first-order chi connectivity index (χ1) is 9.19. The van der Waals surface area contributed by atoms with Crippen molar-refractivity contribution in [1.29, 1.82) is 0 Å². The molecule has 1 aromatic heterocycles. The third-order valence-corrected chi connectivity index (χ3v) is 4.64. The summed E-state index contributed by atoms with van der Waals surface area (Å²) in [4.78, 5) is 15.1. The molecule has 2 heterocycles. The molecule has 3 rings (SSSR count). The molecule has 19 heavy (non-hydrogen) atoms. The number of hydrogen-bond acceptors (Lipinski definition) is 3. The van der Waals surface area contributed by atoms with Gasteiger partial charge in [0.2, 0.25) is 0 Å². The highest BCUT2D eigenvalue weighted by molar-refractivity contribution is 7.18. The molecule has 3 nitrogen and oxygen atoms in total. The van der Waals surface area contributed by atoms with Gasteiger partial charge in [0.25, 0.3) is 5.91 Å². The van der Waals surface area contributed by atoms with E-state index in [4.69, 9.17) is 11.6 Å². The van der Waals surface area contributed by atoms with E-state index in [9.17, 15) is 4.79 Å². The van der Waals surface area contributed by atoms with E-state index in [1.807, 2.05) is 31.3 Å². The number of carbonyl (C=O) groups is 1. The molecule has 0 radical (unpaired) electrons. The van der Waals surface area contributed by atoms with Crippen LogP contribution in [0.2, 0.25) is 5.02 Å². The Morgan fingerprint density at radius 2 is 2.21 bits per heavy atom. The predicted octanol–water partition coefficient (Wildman–Crippen LogP) is 3.65. The van der Waals surface area contributed by atoms with Crippen LogP contribution in [0.25, 0.3) is 0 Å². The Labute approximate surface area is 120 Å². The molecule has 0 spiro atoms. The topological polar surface area (TPSA) is 32.3 Å². The molecule has 0 bridgehead atoms. The number of nitrogens with zero attached hydrogens (tertiary/aromatic N) is 1. The number of thiophene rings is 1. The van der Waals surface area contributed by atoms with Crippen LogP contribution in [-0.4, -0.2) is 19.5 Å². The predicted molar refractivity (Wildman–Crippen MR) is 80.7 cm³/mol. The van der Waals surface area contributed by atoms with Crippen LogP contribution < -0.4 is 10.2 Å². The molecular formula is C14H13ClN2OS. The number of hydrogen-bond donors (Lipinski definition) is 1. The van der Waals surface area contributed by atoms with Crippen LogP contribution in [0.4, 0.5) is 10.7 Å². The van der Waals surface area contributed by atoms with E-state index in [1.54, 1.807) is 4.90 Å². The zero-order valence-electron chi connectivity index (χ0n) is 10.4. The fourth-order valence-electron chi connectivity index (χ4n) is 2.27. The third kappa shape index (κ3) is 2.22. The van der Waals surface area contributed by atoms with Gasteiger partial charge in [0.05, 0.1) is 9.88 Å². The van der Waals surface area contributed by atoms with Crippen molar-refractivity contribution in [3.05, 3.63) is 45.8 Å². The lowest BCUT2D eigenvalue weighted by atomic mass is 10.1. The van der Waals surface area contributed by atoms with Crippen LogP contribution in [0.1, 0.15) is 15.2 Å². The molecule has 0 saturated heterocycles. The van der Waals surface area contributed by atoms with E-state index >= 15 is 0 Å². The first-order valence-corrected chi connectivity index (χ1v) is 7.26. The third-order valence-electron chi connectivity index (χ3n) is 3.22. The molecule has 1 aliphatic rings. The highest BCUT2D eigenvalue weighted by atomic mass is 35.5. The molecule has 0 aliphatic carbocycles. The lowest BCUT2D eigenvalue weighted by Gasteiger charge is -2.26. The molecule has 0 unspecified atom stereocenters. The summed E-state index contributed by atoms with van der Waals surface area (Å²) in [6.07, 6.45) is 0.881. The molecule has 0 saturated carbocycles. The first kappa shape index (κ1) is 12.5. The summed E-state index contributed by atoms with van der Waals surface area (Å²) in [5.74, 6) is 0.0648. The smallest absolute Gasteiger partial charge is 0.268 e. The van der Waals surface area contributed by atoms with Crippen molar-refractivity contribution in [2.45, 2.75) is 6.42 Å². The van der Waals surface area contributed by atoms with E-state index in [1.165, 1.54) is 11.3 Å². The second-order valence-corrected chi connectivity index (χ2v) is 5.89. The minimum absolute atomic E-state index is 0.0648. The van der Waals surface area contributed by atoms with Gasteiger partial charge >= 0.3 is 0 Å². The molecule has 2 aromatic rings. The van der Waals surface area contributed by atoms with E-state index < -0.39 is 0 Å². The van der Waals surface area contributed by atoms with Crippen molar-refractivity contribution >= 4 is 39.5 Å². The zero-order valence-corrected chi connectivity index (χ0v) is 12.0. The van der Waals surface area contributed by atoms with Gasteiger partial charge in [0.1, 0.15) is 0 Å². The fourth-order valence-corrected chi connectivity index (χ4v) is 3.46. The van der Waals surface area contributed by atoms with Gasteiger partial charge in [0, 0.05) is 24.3 Å². The molecular weight excluding hydrogens is 280 g/mol. The van der Waals surface area contributed by atoms with Crippen molar-refractivity contribution in [2.75, 3.05) is 23.8 Å². The highest BCUT2D eigenvalue weighted by Gasteiger charge is 2.27. The minimum atomic E-state index is 0.0648. The van der Waals surface area contributed by atoms with E-state index in [2.05, 4.69) is 11.4 Å². The molecule has 1 aromatic carbocycles. The summed E-state index contributed by atoms with van der Waals surface area (Å²) in [6, 6.07) is 9.49. The number of halogens is 1. The van der Waals surface area contributed by atoms with Crippen LogP contribution in [-0.2, 0) is 6.42 Å². The number of anilines is 2. The van der Waals surface area contributed by atoms with Crippen molar-refractivity contribution in [3.63, 3.8) is 0 Å². The zero-order chi connectivity index (χ0) is 13.4. The van der Waals surface area contributed by atoms with Crippen LogP contribution in [0.15, 0.2) is 30.3 Å². The van der Waals surface area contributed by atoms with Gasteiger partial charge in [-0.05, 0) is 36.2 Å². The Morgan fingerprint density at radius 3 is 2.95 bits per heavy atom. The normalized spacial score (nSPS) is 14.4. The number of nitrogens with one attached hydrogen (secondary N) is 1. The minimum Gasteiger partial charge on any atom is -0.380 e. The average molecular weight is 293 g/mol. The first-order valence-electron chi connectivity index (χ1n) is 6.07. The summed E-state index contributed by atoms with van der Waals surface area (Å²) in [6.45, 7) is 0.700. The Hall–Kier alpha value is -1.52. The maximum atomic E-state index is 12.5. The lowest BCUT2D eigenvalue weighted by molar-refractivity contribution is 0.0985. The van der Waals surface area contributed by atoms with E-state index in [0.29, 0.717) is 11.6 Å². The summed E-state index contributed by atoms with van der Waals surface area (Å²) in [7, 11) is 1.87. The Morgan fingerprint density at radius 1 is 1.37 bits per heavy atom. The monoisotopic (exact) mass is 292 g/mol. The van der Waals surface area contributed by atoms with Gasteiger partial charge in [-0.15, -0.1) is 11.3 Å². The van der Waals surface area contributed by atoms with Crippen LogP contribution in [0.5, 0.6) is 0 Å². The lowest BCUT2D eigenvalue weighted by Crippen LogP contribution is -2.36. The molecule has 1 N–H and O–H groups in total. The second-order valence-electron chi connectivity index (χ2n) is 4.40. The number of benzene rings is 1. The molecule has 5 heteroatoms. The van der Waals surface area contributed by atoms with Gasteiger partial charge in [-0.25, -0.2) is 0 Å². The molecule has 1 aliphatic heterocycles. The average Bonchev–Trinajstić information content (AvgIpc) is 2.83. The van der Waals surface area contributed by atoms with Gasteiger partial charge in [0.15, 0.2) is 0 Å². The maximum absolute atomic E-state index is 12.5. The Bertz CT molecular complexity index is 638. The van der Waals surface area contributed by atoms with Gasteiger partial charge in [-0.1, -0.05) is 17.7 Å². The van der Waals surface area contributed by atoms with E-state index in [0.717, 1.165) is 27.5 Å². The maximum Gasteiger partial charge on any atom is 0.268 e. The molecule has 0 atom stereocenters. The largest absolute Gasteiger partial charge is 0.380 e. The molecule has 98 valence electrons. The SMILES string of the molecule is CNc1cc2c(s1)C(=O)N(c1cccc(Cl)c1)CC2. The quantitative estimate of drug-likeness (QED) is 0.916. The Kier molecular flexibility index (Phi) is 3.21. The standard InChI is InChI=1S/C14H13ClN2OS/c1-16-12-7-9-5-6-17(14(18)13(9)19-12)11-4-2-3-10(15)8-11/h2-4,7-8,16H,5-6H2,1H3. The summed E-state index contributed by atoms with van der Waals surface area (Å²) in [5, 5.41) is 4.78. The van der Waals surface area contributed by atoms with Crippen LogP contribution >= 0.6 is 22.9 Å². The number of fused-ring (bicyclic) bond motifs is 1. The van der Waals surface area contributed by atoms with Crippen molar-refractivity contribution in [3.8, 4) is 0 Å².